The van der Waals surface area contributed by atoms with Crippen molar-refractivity contribution in [2.45, 2.75) is 9.24 Å². The van der Waals surface area contributed by atoms with Gasteiger partial charge in [-0.2, -0.15) is 0 Å². The summed E-state index contributed by atoms with van der Waals surface area (Å²) in [6, 6.07) is 4.62. The summed E-state index contributed by atoms with van der Waals surface area (Å²) in [6.45, 7) is 0. The first-order valence-electron chi connectivity index (χ1n) is 5.19. The minimum absolute atomic E-state index is 0.167. The molecule has 0 fully saturated rings. The Hall–Kier alpha value is -1.31. The quantitative estimate of drug-likeness (QED) is 0.935. The molecule has 0 atom stereocenters. The Labute approximate surface area is 123 Å². The van der Waals surface area contributed by atoms with Crippen molar-refractivity contribution in [3.8, 4) is 0 Å². The number of benzene rings is 1. The largest absolute Gasteiger partial charge is 0.478 e. The standard InChI is InChI=1S/C11H10ClN3O2S2/c1-15(2)10-13-14-11(19-10)18-8-4-3-6(9(16)17)5-7(8)12/h3-5H,1-2H3,(H,16,17). The normalized spacial score (nSPS) is 10.5. The minimum atomic E-state index is -0.996. The molecule has 0 saturated heterocycles. The molecular weight excluding hydrogens is 306 g/mol. The number of carboxylic acids is 1. The molecule has 0 amide bonds. The first kappa shape index (κ1) is 14.1. The van der Waals surface area contributed by atoms with E-state index in [-0.39, 0.29) is 5.56 Å². The highest BCUT2D eigenvalue weighted by Crippen LogP contribution is 2.36. The second-order valence-corrected chi connectivity index (χ2v) is 6.45. The number of hydrogen-bond acceptors (Lipinski definition) is 6. The summed E-state index contributed by atoms with van der Waals surface area (Å²) in [6.07, 6.45) is 0. The van der Waals surface area contributed by atoms with Crippen molar-refractivity contribution in [1.82, 2.24) is 10.2 Å². The molecule has 2 aromatic rings. The van der Waals surface area contributed by atoms with Crippen LogP contribution < -0.4 is 4.90 Å². The van der Waals surface area contributed by atoms with E-state index in [4.69, 9.17) is 16.7 Å². The third kappa shape index (κ3) is 3.37. The van der Waals surface area contributed by atoms with Crippen LogP contribution >= 0.6 is 34.7 Å². The average molecular weight is 316 g/mol. The molecule has 1 aromatic carbocycles. The maximum absolute atomic E-state index is 10.8. The average Bonchev–Trinajstić information content (AvgIpc) is 2.80. The molecule has 8 heteroatoms. The number of aromatic carboxylic acids is 1. The summed E-state index contributed by atoms with van der Waals surface area (Å²) >= 11 is 8.87. The number of aromatic nitrogens is 2. The maximum atomic E-state index is 10.8. The third-order valence-corrected chi connectivity index (χ3v) is 4.80. The van der Waals surface area contributed by atoms with Crippen LogP contribution in [0.1, 0.15) is 10.4 Å². The zero-order valence-electron chi connectivity index (χ0n) is 10.1. The molecule has 0 unspecified atom stereocenters. The van der Waals surface area contributed by atoms with E-state index in [1.807, 2.05) is 19.0 Å². The zero-order chi connectivity index (χ0) is 14.0. The van der Waals surface area contributed by atoms with Crippen LogP contribution in [-0.2, 0) is 0 Å². The fourth-order valence-electron chi connectivity index (χ4n) is 1.24. The van der Waals surface area contributed by atoms with Crippen LogP contribution in [0.15, 0.2) is 27.4 Å². The Morgan fingerprint density at radius 3 is 2.68 bits per heavy atom. The number of halogens is 1. The van der Waals surface area contributed by atoms with Crippen LogP contribution in [0.4, 0.5) is 5.13 Å². The molecule has 0 aliphatic rings. The van der Waals surface area contributed by atoms with Gasteiger partial charge in [-0.25, -0.2) is 4.79 Å². The van der Waals surface area contributed by atoms with E-state index in [2.05, 4.69) is 10.2 Å². The Kier molecular flexibility index (Phi) is 4.28. The van der Waals surface area contributed by atoms with Gasteiger partial charge in [-0.05, 0) is 18.2 Å². The van der Waals surface area contributed by atoms with Gasteiger partial charge in [0.1, 0.15) is 0 Å². The van der Waals surface area contributed by atoms with Crippen molar-refractivity contribution in [3.05, 3.63) is 28.8 Å². The molecule has 5 nitrogen and oxygen atoms in total. The molecule has 2 rings (SSSR count). The van der Waals surface area contributed by atoms with Crippen LogP contribution in [0.5, 0.6) is 0 Å². The molecule has 1 N–H and O–H groups in total. The predicted octanol–water partition coefficient (Wildman–Crippen LogP) is 3.11. The minimum Gasteiger partial charge on any atom is -0.478 e. The van der Waals surface area contributed by atoms with Crippen LogP contribution in [0, 0.1) is 0 Å². The molecule has 1 heterocycles. The highest BCUT2D eigenvalue weighted by Gasteiger charge is 2.11. The highest BCUT2D eigenvalue weighted by atomic mass is 35.5. The lowest BCUT2D eigenvalue weighted by Crippen LogP contribution is -2.07. The lowest BCUT2D eigenvalue weighted by Gasteiger charge is -2.04. The summed E-state index contributed by atoms with van der Waals surface area (Å²) in [4.78, 5) is 13.4. The van der Waals surface area contributed by atoms with Crippen LogP contribution in [0.2, 0.25) is 5.02 Å². The van der Waals surface area contributed by atoms with Gasteiger partial charge in [0.25, 0.3) is 0 Å². The zero-order valence-corrected chi connectivity index (χ0v) is 12.5. The van der Waals surface area contributed by atoms with Crippen LogP contribution in [0.3, 0.4) is 0 Å². The van der Waals surface area contributed by atoms with Gasteiger partial charge in [-0.3, -0.25) is 0 Å². The van der Waals surface area contributed by atoms with E-state index in [0.717, 1.165) is 14.4 Å². The van der Waals surface area contributed by atoms with E-state index in [1.165, 1.54) is 35.2 Å². The predicted molar refractivity (Wildman–Crippen MR) is 76.8 cm³/mol. The van der Waals surface area contributed by atoms with Gasteiger partial charge in [-0.15, -0.1) is 10.2 Å². The van der Waals surface area contributed by atoms with Crippen LogP contribution in [-0.4, -0.2) is 35.4 Å². The molecule has 0 radical (unpaired) electrons. The topological polar surface area (TPSA) is 66.3 Å². The fourth-order valence-corrected chi connectivity index (χ4v) is 3.26. The molecule has 0 aliphatic heterocycles. The number of carbonyl (C=O) groups is 1. The van der Waals surface area contributed by atoms with Crippen molar-refractivity contribution in [3.63, 3.8) is 0 Å². The van der Waals surface area contributed by atoms with Gasteiger partial charge in [0, 0.05) is 19.0 Å². The van der Waals surface area contributed by atoms with Crippen molar-refractivity contribution < 1.29 is 9.90 Å². The Bertz CT molecular complexity index is 616. The lowest BCUT2D eigenvalue weighted by atomic mass is 10.2. The summed E-state index contributed by atoms with van der Waals surface area (Å²) in [5.74, 6) is -0.996. The molecular formula is C11H10ClN3O2S2. The van der Waals surface area contributed by atoms with E-state index < -0.39 is 5.97 Å². The molecule has 1 aromatic heterocycles. The summed E-state index contributed by atoms with van der Waals surface area (Å²) in [7, 11) is 3.78. The van der Waals surface area contributed by atoms with Crippen LogP contribution in [0.25, 0.3) is 0 Å². The number of rotatable bonds is 4. The van der Waals surface area contributed by atoms with Crippen molar-refractivity contribution in [1.29, 1.82) is 0 Å². The number of carboxylic acid groups (broad SMARTS) is 1. The van der Waals surface area contributed by atoms with Gasteiger partial charge in [-0.1, -0.05) is 34.7 Å². The molecule has 0 spiro atoms. The van der Waals surface area contributed by atoms with E-state index >= 15 is 0 Å². The number of anilines is 1. The van der Waals surface area contributed by atoms with Gasteiger partial charge >= 0.3 is 5.97 Å². The number of nitrogens with zero attached hydrogens (tertiary/aromatic N) is 3. The first-order chi connectivity index (χ1) is 8.97. The molecule has 19 heavy (non-hydrogen) atoms. The smallest absolute Gasteiger partial charge is 0.335 e. The van der Waals surface area contributed by atoms with Crippen molar-refractivity contribution >= 4 is 45.8 Å². The van der Waals surface area contributed by atoms with Crippen molar-refractivity contribution in [2.24, 2.45) is 0 Å². The van der Waals surface area contributed by atoms with Gasteiger partial charge in [0.2, 0.25) is 5.13 Å². The molecule has 100 valence electrons. The van der Waals surface area contributed by atoms with E-state index in [9.17, 15) is 4.79 Å². The van der Waals surface area contributed by atoms with E-state index in [0.29, 0.717) is 5.02 Å². The lowest BCUT2D eigenvalue weighted by molar-refractivity contribution is 0.0697. The van der Waals surface area contributed by atoms with Crippen molar-refractivity contribution in [2.75, 3.05) is 19.0 Å². The SMILES string of the molecule is CN(C)c1nnc(Sc2ccc(C(=O)O)cc2Cl)s1. The Morgan fingerprint density at radius 1 is 1.42 bits per heavy atom. The first-order valence-corrected chi connectivity index (χ1v) is 7.20. The summed E-state index contributed by atoms with van der Waals surface area (Å²) < 4.78 is 0.758. The maximum Gasteiger partial charge on any atom is 0.335 e. The molecule has 0 bridgehead atoms. The second kappa shape index (κ2) is 5.77. The van der Waals surface area contributed by atoms with E-state index in [1.54, 1.807) is 6.07 Å². The Balaban J connectivity index is 2.20. The fraction of sp³-hybridized carbons (Fsp3) is 0.182. The van der Waals surface area contributed by atoms with Gasteiger partial charge < -0.3 is 10.0 Å². The third-order valence-electron chi connectivity index (χ3n) is 2.15. The molecule has 0 aliphatic carbocycles. The monoisotopic (exact) mass is 315 g/mol. The molecule has 0 saturated carbocycles. The van der Waals surface area contributed by atoms with Gasteiger partial charge in [0.15, 0.2) is 4.34 Å². The number of hydrogen-bond donors (Lipinski definition) is 1. The van der Waals surface area contributed by atoms with Gasteiger partial charge in [0.05, 0.1) is 10.6 Å². The summed E-state index contributed by atoms with van der Waals surface area (Å²) in [5.41, 5.74) is 0.167. The highest BCUT2D eigenvalue weighted by molar-refractivity contribution is 8.01. The summed E-state index contributed by atoms with van der Waals surface area (Å²) in [5, 5.41) is 18.1. The second-order valence-electron chi connectivity index (χ2n) is 3.80. The Morgan fingerprint density at radius 2 is 2.16 bits per heavy atom.